The zero-order valence-corrected chi connectivity index (χ0v) is 17.1. The Labute approximate surface area is 164 Å². The predicted octanol–water partition coefficient (Wildman–Crippen LogP) is 3.20. The Kier molecular flexibility index (Phi) is 5.25. The van der Waals surface area contributed by atoms with Gasteiger partial charge in [-0.2, -0.15) is 0 Å². The molecule has 9 heteroatoms. The van der Waals surface area contributed by atoms with Crippen LogP contribution in [0, 0.1) is 6.92 Å². The van der Waals surface area contributed by atoms with Gasteiger partial charge < -0.3 is 9.72 Å². The number of ether oxygens (including phenoxy) is 1. The number of hydrogen-bond donors (Lipinski definition) is 1. The molecule has 1 N–H and O–H groups in total. The van der Waals surface area contributed by atoms with Crippen LogP contribution in [0.2, 0.25) is 0 Å². The van der Waals surface area contributed by atoms with E-state index in [1.165, 1.54) is 24.4 Å². The van der Waals surface area contributed by atoms with Crippen LogP contribution in [0.5, 0.6) is 0 Å². The lowest BCUT2D eigenvalue weighted by atomic mass is 10.2. The Bertz CT molecular complexity index is 1180. The number of esters is 1. The van der Waals surface area contributed by atoms with Gasteiger partial charge in [0.15, 0.2) is 0 Å². The number of aromatic amines is 1. The molecule has 0 aliphatic rings. The highest BCUT2D eigenvalue weighted by Crippen LogP contribution is 2.28. The Morgan fingerprint density at radius 2 is 1.93 bits per heavy atom. The maximum Gasteiger partial charge on any atom is 0.356 e. The number of nitrogens with zero attached hydrogens (tertiary/aromatic N) is 1. The van der Waals surface area contributed by atoms with Gasteiger partial charge in [0.1, 0.15) is 11.2 Å². The lowest BCUT2D eigenvalue weighted by Crippen LogP contribution is -2.23. The van der Waals surface area contributed by atoms with E-state index >= 15 is 0 Å². The molecule has 142 valence electrons. The van der Waals surface area contributed by atoms with E-state index in [0.29, 0.717) is 16.3 Å². The van der Waals surface area contributed by atoms with Gasteiger partial charge >= 0.3 is 5.97 Å². The standard InChI is InChI=1S/C18H17BrN2O5S/c1-3-8-26-18(23)15-9-13-14(19)10-20-17(22)16(13)21(15)27(24,25)12-6-4-11(2)5-7-12/h4-7,9-10H,3,8H2,1-2H3,(H,20,22). The third-order valence-electron chi connectivity index (χ3n) is 3.97. The van der Waals surface area contributed by atoms with Crippen molar-refractivity contribution >= 4 is 42.8 Å². The summed E-state index contributed by atoms with van der Waals surface area (Å²) in [5, 5.41) is 0.304. The minimum absolute atomic E-state index is 0.0329. The summed E-state index contributed by atoms with van der Waals surface area (Å²) in [6.07, 6.45) is 1.98. The number of halogens is 1. The second kappa shape index (κ2) is 7.32. The number of aryl methyl sites for hydroxylation is 1. The molecule has 7 nitrogen and oxygen atoms in total. The Morgan fingerprint density at radius 3 is 2.56 bits per heavy atom. The van der Waals surface area contributed by atoms with Crippen molar-refractivity contribution in [1.29, 1.82) is 0 Å². The van der Waals surface area contributed by atoms with Gasteiger partial charge in [-0.3, -0.25) is 4.79 Å². The third-order valence-corrected chi connectivity index (χ3v) is 6.35. The molecule has 2 heterocycles. The molecule has 0 amide bonds. The summed E-state index contributed by atoms with van der Waals surface area (Å²) in [6.45, 7) is 3.80. The average Bonchev–Trinajstić information content (AvgIpc) is 3.06. The highest BCUT2D eigenvalue weighted by atomic mass is 79.9. The van der Waals surface area contributed by atoms with E-state index in [9.17, 15) is 18.0 Å². The molecule has 3 rings (SSSR count). The number of hydrogen-bond acceptors (Lipinski definition) is 5. The maximum absolute atomic E-state index is 13.3. The van der Waals surface area contributed by atoms with Crippen LogP contribution in [0.1, 0.15) is 29.4 Å². The van der Waals surface area contributed by atoms with Crippen LogP contribution >= 0.6 is 15.9 Å². The van der Waals surface area contributed by atoms with Crippen LogP contribution in [0.4, 0.5) is 0 Å². The molecule has 0 fully saturated rings. The van der Waals surface area contributed by atoms with Crippen LogP contribution in [-0.2, 0) is 14.8 Å². The van der Waals surface area contributed by atoms with Gasteiger partial charge in [0.25, 0.3) is 15.6 Å². The van der Waals surface area contributed by atoms with E-state index in [1.807, 2.05) is 13.8 Å². The van der Waals surface area contributed by atoms with E-state index in [1.54, 1.807) is 12.1 Å². The van der Waals surface area contributed by atoms with Crippen molar-refractivity contribution in [1.82, 2.24) is 8.96 Å². The molecule has 0 aliphatic heterocycles. The monoisotopic (exact) mass is 452 g/mol. The van der Waals surface area contributed by atoms with Gasteiger partial charge in [-0.15, -0.1) is 0 Å². The molecule has 0 aliphatic carbocycles. The Hall–Kier alpha value is -2.39. The molecule has 0 unspecified atom stereocenters. The zero-order valence-electron chi connectivity index (χ0n) is 14.7. The van der Waals surface area contributed by atoms with Crippen LogP contribution in [-0.4, -0.2) is 30.0 Å². The molecular weight excluding hydrogens is 436 g/mol. The quantitative estimate of drug-likeness (QED) is 0.599. The van der Waals surface area contributed by atoms with Gasteiger partial charge in [0.2, 0.25) is 0 Å². The fourth-order valence-electron chi connectivity index (χ4n) is 2.64. The van der Waals surface area contributed by atoms with E-state index in [2.05, 4.69) is 20.9 Å². The van der Waals surface area contributed by atoms with Crippen LogP contribution in [0.15, 0.2) is 50.7 Å². The number of pyridine rings is 1. The number of benzene rings is 1. The van der Waals surface area contributed by atoms with Gasteiger partial charge in [-0.05, 0) is 47.5 Å². The molecule has 3 aromatic rings. The van der Waals surface area contributed by atoms with Crippen molar-refractivity contribution in [3.05, 3.63) is 62.6 Å². The number of H-pyrrole nitrogens is 1. The normalized spacial score (nSPS) is 11.7. The highest BCUT2D eigenvalue weighted by Gasteiger charge is 2.29. The van der Waals surface area contributed by atoms with Crippen LogP contribution in [0.25, 0.3) is 10.9 Å². The molecule has 0 spiro atoms. The van der Waals surface area contributed by atoms with Crippen LogP contribution in [0.3, 0.4) is 0 Å². The Balaban J connectivity index is 2.35. The lowest BCUT2D eigenvalue weighted by Gasteiger charge is -2.11. The smallest absolute Gasteiger partial charge is 0.356 e. The molecule has 0 atom stereocenters. The molecule has 0 saturated heterocycles. The van der Waals surface area contributed by atoms with Crippen LogP contribution < -0.4 is 5.56 Å². The molecule has 0 bridgehead atoms. The molecule has 2 aromatic heterocycles. The van der Waals surface area contributed by atoms with Gasteiger partial charge in [0.05, 0.1) is 11.5 Å². The second-order valence-corrected chi connectivity index (χ2v) is 8.62. The van der Waals surface area contributed by atoms with Crippen molar-refractivity contribution in [3.63, 3.8) is 0 Å². The second-order valence-electron chi connectivity index (χ2n) is 5.98. The summed E-state index contributed by atoms with van der Waals surface area (Å²) in [4.78, 5) is 27.4. The maximum atomic E-state index is 13.3. The Morgan fingerprint density at radius 1 is 1.26 bits per heavy atom. The minimum Gasteiger partial charge on any atom is -0.461 e. The topological polar surface area (TPSA) is 98.2 Å². The summed E-state index contributed by atoms with van der Waals surface area (Å²) in [6, 6.07) is 7.51. The van der Waals surface area contributed by atoms with Gasteiger partial charge in [-0.1, -0.05) is 24.6 Å². The van der Waals surface area contributed by atoms with Gasteiger partial charge in [0, 0.05) is 16.1 Å². The largest absolute Gasteiger partial charge is 0.461 e. The number of nitrogens with one attached hydrogen (secondary N) is 1. The zero-order chi connectivity index (χ0) is 19.8. The lowest BCUT2D eigenvalue weighted by molar-refractivity contribution is 0.0497. The number of rotatable bonds is 5. The molecule has 0 saturated carbocycles. The first-order valence-corrected chi connectivity index (χ1v) is 10.4. The number of carbonyl (C=O) groups excluding carboxylic acids is 1. The molecule has 27 heavy (non-hydrogen) atoms. The fourth-order valence-corrected chi connectivity index (χ4v) is 4.56. The molecule has 1 aromatic carbocycles. The van der Waals surface area contributed by atoms with Crippen molar-refractivity contribution in [2.75, 3.05) is 6.61 Å². The van der Waals surface area contributed by atoms with E-state index in [0.717, 1.165) is 9.54 Å². The van der Waals surface area contributed by atoms with E-state index in [-0.39, 0.29) is 22.7 Å². The summed E-state index contributed by atoms with van der Waals surface area (Å²) in [5.74, 6) is -0.810. The predicted molar refractivity (Wildman–Crippen MR) is 105 cm³/mol. The molecule has 0 radical (unpaired) electrons. The first-order valence-electron chi connectivity index (χ1n) is 8.19. The fraction of sp³-hybridized carbons (Fsp3) is 0.222. The SMILES string of the molecule is CCCOC(=O)c1cc2c(Br)c[nH]c(=O)c2n1S(=O)(=O)c1ccc(C)cc1. The number of aromatic nitrogens is 2. The molecular formula is C18H17BrN2O5S. The van der Waals surface area contributed by atoms with Gasteiger partial charge in [-0.25, -0.2) is 17.2 Å². The van der Waals surface area contributed by atoms with Crippen molar-refractivity contribution in [2.24, 2.45) is 0 Å². The summed E-state index contributed by atoms with van der Waals surface area (Å²) in [5.41, 5.74) is -0.113. The van der Waals surface area contributed by atoms with E-state index in [4.69, 9.17) is 4.74 Å². The van der Waals surface area contributed by atoms with Crippen molar-refractivity contribution in [2.45, 2.75) is 25.2 Å². The number of fused-ring (bicyclic) bond motifs is 1. The summed E-state index contributed by atoms with van der Waals surface area (Å²) < 4.78 is 32.9. The summed E-state index contributed by atoms with van der Waals surface area (Å²) >= 11 is 3.28. The van der Waals surface area contributed by atoms with E-state index < -0.39 is 21.6 Å². The third kappa shape index (κ3) is 3.44. The summed E-state index contributed by atoms with van der Waals surface area (Å²) in [7, 11) is -4.20. The van der Waals surface area contributed by atoms with Crippen molar-refractivity contribution < 1.29 is 17.9 Å². The average molecular weight is 453 g/mol. The number of carbonyl (C=O) groups is 1. The first kappa shape index (κ1) is 19.4. The first-order chi connectivity index (χ1) is 12.8. The highest BCUT2D eigenvalue weighted by molar-refractivity contribution is 9.10. The van der Waals surface area contributed by atoms with Crippen molar-refractivity contribution in [3.8, 4) is 0 Å². The minimum atomic E-state index is -4.20.